The van der Waals surface area contributed by atoms with E-state index < -0.39 is 0 Å². The fraction of sp³-hybridized carbons (Fsp3) is 0.160. The summed E-state index contributed by atoms with van der Waals surface area (Å²) in [5.41, 5.74) is 4.45. The van der Waals surface area contributed by atoms with Gasteiger partial charge in [-0.05, 0) is 35.7 Å². The predicted octanol–water partition coefficient (Wildman–Crippen LogP) is 4.78. The van der Waals surface area contributed by atoms with Gasteiger partial charge in [0.2, 0.25) is 6.79 Å². The molecule has 0 fully saturated rings. The Morgan fingerprint density at radius 2 is 1.70 bits per heavy atom. The van der Waals surface area contributed by atoms with E-state index >= 15 is 0 Å². The van der Waals surface area contributed by atoms with Gasteiger partial charge in [0.05, 0.1) is 6.04 Å². The van der Waals surface area contributed by atoms with Gasteiger partial charge < -0.3 is 19.5 Å². The van der Waals surface area contributed by atoms with Crippen LogP contribution in [-0.4, -0.2) is 22.7 Å². The molecule has 2 aliphatic rings. The van der Waals surface area contributed by atoms with Crippen LogP contribution in [0.3, 0.4) is 0 Å². The van der Waals surface area contributed by atoms with Crippen molar-refractivity contribution >= 4 is 11.5 Å². The third-order valence-electron chi connectivity index (χ3n) is 5.57. The standard InChI is InChI=1S/C25H21NO4/c1-16-7-10-18(11-8-16)22-23(19-5-3-2-4-6-19)26(25(28)24(22)27)14-17-9-12-20-21(13-17)30-15-29-20/h2-13,23,27H,14-15H2,1H3/t23-/m0/s1. The van der Waals surface area contributed by atoms with E-state index in [1.54, 1.807) is 4.90 Å². The zero-order valence-corrected chi connectivity index (χ0v) is 16.5. The van der Waals surface area contributed by atoms with Crippen LogP contribution in [-0.2, 0) is 11.3 Å². The summed E-state index contributed by atoms with van der Waals surface area (Å²) in [6.07, 6.45) is 0. The zero-order valence-electron chi connectivity index (χ0n) is 16.5. The molecule has 2 heterocycles. The highest BCUT2D eigenvalue weighted by Gasteiger charge is 2.41. The maximum Gasteiger partial charge on any atom is 0.290 e. The number of fused-ring (bicyclic) bond motifs is 1. The molecule has 30 heavy (non-hydrogen) atoms. The highest BCUT2D eigenvalue weighted by molar-refractivity contribution is 6.05. The van der Waals surface area contributed by atoms with Crippen molar-refractivity contribution in [2.24, 2.45) is 0 Å². The molecule has 5 rings (SSSR count). The molecule has 0 aliphatic carbocycles. The molecule has 5 heteroatoms. The molecule has 1 atom stereocenters. The van der Waals surface area contributed by atoms with Crippen molar-refractivity contribution < 1.29 is 19.4 Å². The fourth-order valence-electron chi connectivity index (χ4n) is 4.06. The molecule has 0 unspecified atom stereocenters. The second kappa shape index (κ2) is 7.26. The second-order valence-corrected chi connectivity index (χ2v) is 7.56. The lowest BCUT2D eigenvalue weighted by molar-refractivity contribution is -0.130. The van der Waals surface area contributed by atoms with Crippen molar-refractivity contribution in [2.75, 3.05) is 6.79 Å². The number of rotatable bonds is 4. The Hall–Kier alpha value is -3.73. The minimum absolute atomic E-state index is 0.201. The summed E-state index contributed by atoms with van der Waals surface area (Å²) in [6, 6.07) is 23.0. The number of ether oxygens (including phenoxy) is 2. The first-order chi connectivity index (χ1) is 14.6. The maximum atomic E-state index is 13.1. The van der Waals surface area contributed by atoms with Crippen LogP contribution in [0.25, 0.3) is 5.57 Å². The first-order valence-corrected chi connectivity index (χ1v) is 9.86. The summed E-state index contributed by atoms with van der Waals surface area (Å²) in [7, 11) is 0. The molecule has 0 bridgehead atoms. The molecule has 5 nitrogen and oxygen atoms in total. The van der Waals surface area contributed by atoms with E-state index in [-0.39, 0.29) is 24.5 Å². The number of amides is 1. The van der Waals surface area contributed by atoms with Gasteiger partial charge in [0, 0.05) is 12.1 Å². The van der Waals surface area contributed by atoms with Crippen LogP contribution in [0.4, 0.5) is 0 Å². The molecule has 2 aliphatic heterocycles. The maximum absolute atomic E-state index is 13.1. The molecule has 0 spiro atoms. The summed E-state index contributed by atoms with van der Waals surface area (Å²) >= 11 is 0. The van der Waals surface area contributed by atoms with Gasteiger partial charge in [-0.25, -0.2) is 0 Å². The van der Waals surface area contributed by atoms with Gasteiger partial charge in [-0.2, -0.15) is 0 Å². The molecule has 1 N–H and O–H groups in total. The number of hydrogen-bond acceptors (Lipinski definition) is 4. The van der Waals surface area contributed by atoms with Gasteiger partial charge in [0.25, 0.3) is 5.91 Å². The van der Waals surface area contributed by atoms with Gasteiger partial charge in [-0.15, -0.1) is 0 Å². The van der Waals surface area contributed by atoms with Crippen molar-refractivity contribution in [3.8, 4) is 11.5 Å². The number of carbonyl (C=O) groups excluding carboxylic acids is 1. The minimum Gasteiger partial charge on any atom is -0.503 e. The smallest absolute Gasteiger partial charge is 0.290 e. The summed E-state index contributed by atoms with van der Waals surface area (Å²) < 4.78 is 10.9. The van der Waals surface area contributed by atoms with Crippen LogP contribution in [0.2, 0.25) is 0 Å². The average molecular weight is 399 g/mol. The monoisotopic (exact) mass is 399 g/mol. The quantitative estimate of drug-likeness (QED) is 0.686. The van der Waals surface area contributed by atoms with Crippen molar-refractivity contribution in [3.63, 3.8) is 0 Å². The molecular formula is C25H21NO4. The van der Waals surface area contributed by atoms with E-state index in [1.807, 2.05) is 79.7 Å². The van der Waals surface area contributed by atoms with Crippen LogP contribution in [0.1, 0.15) is 28.3 Å². The third-order valence-corrected chi connectivity index (χ3v) is 5.57. The Morgan fingerprint density at radius 1 is 0.967 bits per heavy atom. The lowest BCUT2D eigenvalue weighted by Crippen LogP contribution is -2.29. The fourth-order valence-corrected chi connectivity index (χ4v) is 4.06. The molecule has 0 aromatic heterocycles. The molecule has 0 saturated heterocycles. The van der Waals surface area contributed by atoms with Crippen molar-refractivity contribution in [1.29, 1.82) is 0 Å². The summed E-state index contributed by atoms with van der Waals surface area (Å²) in [5, 5.41) is 10.9. The molecule has 3 aromatic carbocycles. The lowest BCUT2D eigenvalue weighted by atomic mass is 9.93. The number of nitrogens with zero attached hydrogens (tertiary/aromatic N) is 1. The second-order valence-electron chi connectivity index (χ2n) is 7.56. The Labute approximate surface area is 174 Å². The van der Waals surface area contributed by atoms with Gasteiger partial charge in [0.15, 0.2) is 17.3 Å². The number of aliphatic hydroxyl groups is 1. The molecule has 0 saturated carbocycles. The zero-order chi connectivity index (χ0) is 20.7. The third kappa shape index (κ3) is 3.08. The predicted molar refractivity (Wildman–Crippen MR) is 113 cm³/mol. The van der Waals surface area contributed by atoms with E-state index in [0.717, 1.165) is 22.3 Å². The minimum atomic E-state index is -0.383. The molecule has 3 aromatic rings. The van der Waals surface area contributed by atoms with Gasteiger partial charge >= 0.3 is 0 Å². The van der Waals surface area contributed by atoms with E-state index in [4.69, 9.17) is 9.47 Å². The molecule has 1 amide bonds. The average Bonchev–Trinajstić information content (AvgIpc) is 3.33. The van der Waals surface area contributed by atoms with Crippen molar-refractivity contribution in [3.05, 3.63) is 101 Å². The van der Waals surface area contributed by atoms with Crippen molar-refractivity contribution in [2.45, 2.75) is 19.5 Å². The topological polar surface area (TPSA) is 59.0 Å². The molecule has 150 valence electrons. The Kier molecular flexibility index (Phi) is 4.43. The van der Waals surface area contributed by atoms with Crippen LogP contribution in [0.15, 0.2) is 78.6 Å². The summed E-state index contributed by atoms with van der Waals surface area (Å²) in [5.74, 6) is 0.796. The lowest BCUT2D eigenvalue weighted by Gasteiger charge is -2.27. The Morgan fingerprint density at radius 3 is 2.47 bits per heavy atom. The van der Waals surface area contributed by atoms with Gasteiger partial charge in [-0.1, -0.05) is 66.2 Å². The van der Waals surface area contributed by atoms with Gasteiger partial charge in [-0.3, -0.25) is 4.79 Å². The molecular weight excluding hydrogens is 378 g/mol. The van der Waals surface area contributed by atoms with Gasteiger partial charge in [0.1, 0.15) is 0 Å². The summed E-state index contributed by atoms with van der Waals surface area (Å²) in [4.78, 5) is 14.8. The number of aryl methyl sites for hydroxylation is 1. The van der Waals surface area contributed by atoms with Crippen molar-refractivity contribution in [1.82, 2.24) is 4.90 Å². The normalized spacial score (nSPS) is 17.7. The Bertz CT molecular complexity index is 1140. The Balaban J connectivity index is 1.56. The largest absolute Gasteiger partial charge is 0.503 e. The van der Waals surface area contributed by atoms with Crippen LogP contribution in [0, 0.1) is 6.92 Å². The first kappa shape index (κ1) is 18.3. The number of aliphatic hydroxyl groups excluding tert-OH is 1. The van der Waals surface area contributed by atoms with E-state index in [2.05, 4.69) is 0 Å². The van der Waals surface area contributed by atoms with Crippen LogP contribution in [0.5, 0.6) is 11.5 Å². The van der Waals surface area contributed by atoms with E-state index in [1.165, 1.54) is 0 Å². The number of hydrogen-bond donors (Lipinski definition) is 1. The highest BCUT2D eigenvalue weighted by atomic mass is 16.7. The van der Waals surface area contributed by atoms with E-state index in [0.29, 0.717) is 23.6 Å². The highest BCUT2D eigenvalue weighted by Crippen LogP contribution is 2.44. The van der Waals surface area contributed by atoms with Crippen LogP contribution < -0.4 is 9.47 Å². The summed E-state index contributed by atoms with van der Waals surface area (Å²) in [6.45, 7) is 2.56. The van der Waals surface area contributed by atoms with E-state index in [9.17, 15) is 9.90 Å². The number of carbonyl (C=O) groups is 1. The SMILES string of the molecule is Cc1ccc(C2=C(O)C(=O)N(Cc3ccc4c(c3)OCO4)[C@H]2c2ccccc2)cc1. The van der Waals surface area contributed by atoms with Crippen LogP contribution >= 0.6 is 0 Å². The number of benzene rings is 3. The first-order valence-electron chi connectivity index (χ1n) is 9.86. The molecule has 0 radical (unpaired) electrons.